The third-order valence-corrected chi connectivity index (χ3v) is 3.57. The molecule has 6 heteroatoms. The first-order valence-electron chi connectivity index (χ1n) is 5.45. The quantitative estimate of drug-likeness (QED) is 0.786. The van der Waals surface area contributed by atoms with Gasteiger partial charge in [0.1, 0.15) is 0 Å². The lowest BCUT2D eigenvalue weighted by Gasteiger charge is -2.43. The number of halogens is 1. The molecule has 0 radical (unpaired) electrons. The van der Waals surface area contributed by atoms with Gasteiger partial charge < -0.3 is 15.7 Å². The predicted octanol–water partition coefficient (Wildman–Crippen LogP) is 1.55. The molecule has 2 rings (SSSR count). The number of aliphatic carboxylic acids is 1. The molecule has 1 aromatic carbocycles. The first-order valence-corrected chi connectivity index (χ1v) is 6.24. The van der Waals surface area contributed by atoms with E-state index in [0.717, 1.165) is 10.2 Å². The van der Waals surface area contributed by atoms with Crippen molar-refractivity contribution in [1.82, 2.24) is 5.32 Å². The fraction of sp³-hybridized carbons (Fsp3) is 0.333. The van der Waals surface area contributed by atoms with Crippen molar-refractivity contribution < 1.29 is 9.90 Å². The molecule has 0 aromatic heterocycles. The zero-order valence-corrected chi connectivity index (χ0v) is 11.1. The van der Waals surface area contributed by atoms with E-state index in [1.165, 1.54) is 0 Å². The number of nitriles is 1. The molecule has 0 saturated carbocycles. The van der Waals surface area contributed by atoms with Gasteiger partial charge >= 0.3 is 5.97 Å². The summed E-state index contributed by atoms with van der Waals surface area (Å²) < 4.78 is 0.762. The average molecular weight is 310 g/mol. The van der Waals surface area contributed by atoms with Crippen LogP contribution in [0.4, 0.5) is 5.69 Å². The second kappa shape index (κ2) is 4.96. The summed E-state index contributed by atoms with van der Waals surface area (Å²) in [6.45, 7) is 1.23. The Labute approximate surface area is 113 Å². The summed E-state index contributed by atoms with van der Waals surface area (Å²) >= 11 is 3.38. The van der Waals surface area contributed by atoms with Gasteiger partial charge in [-0.05, 0) is 34.1 Å². The maximum Gasteiger partial charge on any atom is 0.305 e. The van der Waals surface area contributed by atoms with Crippen LogP contribution < -0.4 is 10.6 Å². The van der Waals surface area contributed by atoms with Crippen LogP contribution in [0.5, 0.6) is 0 Å². The van der Waals surface area contributed by atoms with Gasteiger partial charge in [-0.15, -0.1) is 0 Å². The highest BCUT2D eigenvalue weighted by Gasteiger charge is 2.39. The Morgan fingerprint density at radius 3 is 2.78 bits per heavy atom. The van der Waals surface area contributed by atoms with E-state index in [9.17, 15) is 4.79 Å². The van der Waals surface area contributed by atoms with Gasteiger partial charge in [-0.25, -0.2) is 0 Å². The van der Waals surface area contributed by atoms with Gasteiger partial charge in [0.25, 0.3) is 0 Å². The molecule has 1 heterocycles. The Morgan fingerprint density at radius 2 is 2.33 bits per heavy atom. The highest BCUT2D eigenvalue weighted by molar-refractivity contribution is 9.10. The van der Waals surface area contributed by atoms with Crippen LogP contribution in [-0.2, 0) is 4.79 Å². The number of nitrogens with one attached hydrogen (secondary N) is 2. The van der Waals surface area contributed by atoms with Gasteiger partial charge in [-0.3, -0.25) is 4.79 Å². The predicted molar refractivity (Wildman–Crippen MR) is 70.3 cm³/mol. The van der Waals surface area contributed by atoms with E-state index in [1.807, 2.05) is 0 Å². The summed E-state index contributed by atoms with van der Waals surface area (Å²) in [6.07, 6.45) is 0.0619. The van der Waals surface area contributed by atoms with Crippen LogP contribution in [0.15, 0.2) is 22.7 Å². The molecule has 0 amide bonds. The van der Waals surface area contributed by atoms with Crippen LogP contribution in [0.2, 0.25) is 0 Å². The summed E-state index contributed by atoms with van der Waals surface area (Å²) in [6, 6.07) is 7.25. The van der Waals surface area contributed by atoms with E-state index in [2.05, 4.69) is 32.6 Å². The average Bonchev–Trinajstić information content (AvgIpc) is 2.28. The van der Waals surface area contributed by atoms with Crippen LogP contribution in [0.3, 0.4) is 0 Å². The summed E-state index contributed by atoms with van der Waals surface area (Å²) in [7, 11) is 0. The molecular weight excluding hydrogens is 298 g/mol. The lowest BCUT2D eigenvalue weighted by Crippen LogP contribution is -2.65. The molecular formula is C12H12BrN3O2. The molecule has 94 valence electrons. The minimum Gasteiger partial charge on any atom is -0.481 e. The molecule has 0 unspecified atom stereocenters. The fourth-order valence-electron chi connectivity index (χ4n) is 1.95. The Bertz CT molecular complexity index is 521. The van der Waals surface area contributed by atoms with Crippen LogP contribution in [-0.4, -0.2) is 29.7 Å². The highest BCUT2D eigenvalue weighted by Crippen LogP contribution is 2.29. The Kier molecular flexibility index (Phi) is 3.55. The molecule has 1 aliphatic heterocycles. The molecule has 1 aliphatic rings. The van der Waals surface area contributed by atoms with Crippen molar-refractivity contribution in [3.8, 4) is 6.07 Å². The number of hydrogen-bond acceptors (Lipinski definition) is 4. The minimum atomic E-state index is -0.825. The third kappa shape index (κ3) is 2.63. The second-order valence-electron chi connectivity index (χ2n) is 4.39. The topological polar surface area (TPSA) is 85.2 Å². The monoisotopic (exact) mass is 309 g/mol. The van der Waals surface area contributed by atoms with E-state index in [-0.39, 0.29) is 6.42 Å². The van der Waals surface area contributed by atoms with E-state index in [4.69, 9.17) is 10.4 Å². The number of rotatable bonds is 4. The molecule has 18 heavy (non-hydrogen) atoms. The van der Waals surface area contributed by atoms with Crippen LogP contribution >= 0.6 is 15.9 Å². The summed E-state index contributed by atoms with van der Waals surface area (Å²) in [4.78, 5) is 10.9. The van der Waals surface area contributed by atoms with Gasteiger partial charge in [0, 0.05) is 23.2 Å². The number of nitrogens with zero attached hydrogens (tertiary/aromatic N) is 1. The number of carbonyl (C=O) groups is 1. The standard InChI is InChI=1S/C12H12BrN3O2/c13-9-3-8(5-14)1-2-10(9)16-12(4-11(17)18)6-15-7-12/h1-3,15-16H,4,6-7H2,(H,17,18). The van der Waals surface area contributed by atoms with Gasteiger partial charge in [-0.2, -0.15) is 5.26 Å². The van der Waals surface area contributed by atoms with Gasteiger partial charge in [0.15, 0.2) is 0 Å². The zero-order chi connectivity index (χ0) is 13.2. The lowest BCUT2D eigenvalue weighted by atomic mass is 9.88. The smallest absolute Gasteiger partial charge is 0.305 e. The maximum absolute atomic E-state index is 10.9. The molecule has 0 atom stereocenters. The molecule has 0 aliphatic carbocycles. The minimum absolute atomic E-state index is 0.0619. The largest absolute Gasteiger partial charge is 0.481 e. The normalized spacial score (nSPS) is 16.4. The van der Waals surface area contributed by atoms with Crippen molar-refractivity contribution >= 4 is 27.6 Å². The highest BCUT2D eigenvalue weighted by atomic mass is 79.9. The maximum atomic E-state index is 10.9. The number of carboxylic acids is 1. The number of carboxylic acid groups (broad SMARTS) is 1. The molecule has 1 fully saturated rings. The summed E-state index contributed by atoms with van der Waals surface area (Å²) in [5, 5.41) is 24.0. The molecule has 0 spiro atoms. The van der Waals surface area contributed by atoms with Crippen LogP contribution in [0.25, 0.3) is 0 Å². The Balaban J connectivity index is 2.18. The van der Waals surface area contributed by atoms with Gasteiger partial charge in [-0.1, -0.05) is 0 Å². The van der Waals surface area contributed by atoms with Crippen molar-refractivity contribution in [2.24, 2.45) is 0 Å². The van der Waals surface area contributed by atoms with Crippen molar-refractivity contribution in [2.45, 2.75) is 12.0 Å². The van der Waals surface area contributed by atoms with Crippen molar-refractivity contribution in [2.75, 3.05) is 18.4 Å². The van der Waals surface area contributed by atoms with E-state index in [1.54, 1.807) is 18.2 Å². The summed E-state index contributed by atoms with van der Waals surface area (Å²) in [5.74, 6) is -0.825. The van der Waals surface area contributed by atoms with E-state index >= 15 is 0 Å². The Hall–Kier alpha value is -1.58. The first kappa shape index (κ1) is 12.9. The molecule has 3 N–H and O–H groups in total. The first-order chi connectivity index (χ1) is 8.54. The van der Waals surface area contributed by atoms with Gasteiger partial charge in [0.05, 0.1) is 23.6 Å². The Morgan fingerprint density at radius 1 is 1.61 bits per heavy atom. The van der Waals surface area contributed by atoms with Crippen LogP contribution in [0.1, 0.15) is 12.0 Å². The van der Waals surface area contributed by atoms with Gasteiger partial charge in [0.2, 0.25) is 0 Å². The molecule has 5 nitrogen and oxygen atoms in total. The fourth-order valence-corrected chi connectivity index (χ4v) is 2.42. The number of hydrogen-bond donors (Lipinski definition) is 3. The van der Waals surface area contributed by atoms with Crippen molar-refractivity contribution in [1.29, 1.82) is 5.26 Å². The van der Waals surface area contributed by atoms with E-state index in [0.29, 0.717) is 18.7 Å². The number of benzene rings is 1. The van der Waals surface area contributed by atoms with Crippen LogP contribution in [0, 0.1) is 11.3 Å². The molecule has 0 bridgehead atoms. The molecule has 1 aromatic rings. The SMILES string of the molecule is N#Cc1ccc(NC2(CC(=O)O)CNC2)c(Br)c1. The second-order valence-corrected chi connectivity index (χ2v) is 5.24. The summed E-state index contributed by atoms with van der Waals surface area (Å²) in [5.41, 5.74) is 0.922. The lowest BCUT2D eigenvalue weighted by molar-refractivity contribution is -0.138. The third-order valence-electron chi connectivity index (χ3n) is 2.91. The van der Waals surface area contributed by atoms with E-state index < -0.39 is 11.5 Å². The van der Waals surface area contributed by atoms with Crippen molar-refractivity contribution in [3.63, 3.8) is 0 Å². The zero-order valence-electron chi connectivity index (χ0n) is 9.53. The number of anilines is 1. The molecule has 1 saturated heterocycles. The van der Waals surface area contributed by atoms with Crippen molar-refractivity contribution in [3.05, 3.63) is 28.2 Å².